The summed E-state index contributed by atoms with van der Waals surface area (Å²) in [6.07, 6.45) is 3.67. The molecule has 0 heterocycles. The summed E-state index contributed by atoms with van der Waals surface area (Å²) >= 11 is 2.73. The molecule has 1 atom stereocenters. The lowest BCUT2D eigenvalue weighted by atomic mass is 10.3. The van der Waals surface area contributed by atoms with Crippen LogP contribution in [0.25, 0.3) is 0 Å². The van der Waals surface area contributed by atoms with Gasteiger partial charge >= 0.3 is 5.97 Å². The van der Waals surface area contributed by atoms with E-state index in [1.165, 1.54) is 6.92 Å². The molecule has 0 saturated heterocycles. The molecule has 1 unspecified atom stereocenters. The second-order valence-corrected chi connectivity index (χ2v) is 4.20. The molecule has 0 rings (SSSR count). The van der Waals surface area contributed by atoms with Gasteiger partial charge in [-0.15, -0.1) is 0 Å². The Morgan fingerprint density at radius 1 is 1.38 bits per heavy atom. The first kappa shape index (κ1) is 12.8. The van der Waals surface area contributed by atoms with Gasteiger partial charge in [-0.05, 0) is 18.3 Å². The number of ether oxygens (including phenoxy) is 1. The smallest absolute Gasteiger partial charge is 0.303 e. The molecule has 0 aromatic heterocycles. The molecule has 0 radical (unpaired) electrons. The van der Waals surface area contributed by atoms with Crippen LogP contribution in [-0.4, -0.2) is 35.5 Å². The average Bonchev–Trinajstić information content (AvgIpc) is 2.10. The Kier molecular flexibility index (Phi) is 7.17. The van der Waals surface area contributed by atoms with Gasteiger partial charge in [0.2, 0.25) is 5.12 Å². The highest BCUT2D eigenvalue weighted by Gasteiger charge is 2.19. The third kappa shape index (κ3) is 5.99. The van der Waals surface area contributed by atoms with Crippen LogP contribution in [0.4, 0.5) is 0 Å². The maximum absolute atomic E-state index is 11.2. The standard InChI is InChI=1S/C8H14O3S2/c1-6(9)11-7(4-5-12-2)8(10)13-3/h7H,4-5H2,1-3H3. The summed E-state index contributed by atoms with van der Waals surface area (Å²) in [5.41, 5.74) is 0. The van der Waals surface area contributed by atoms with Gasteiger partial charge in [0.15, 0.2) is 6.10 Å². The molecule has 0 spiro atoms. The Balaban J connectivity index is 4.02. The van der Waals surface area contributed by atoms with Gasteiger partial charge in [-0.25, -0.2) is 0 Å². The first-order chi connectivity index (χ1) is 6.11. The molecule has 0 bridgehead atoms. The highest BCUT2D eigenvalue weighted by Crippen LogP contribution is 2.11. The molecule has 5 heteroatoms. The summed E-state index contributed by atoms with van der Waals surface area (Å²) in [5.74, 6) is 0.429. The van der Waals surface area contributed by atoms with Crippen LogP contribution in [0.15, 0.2) is 0 Å². The van der Waals surface area contributed by atoms with Crippen molar-refractivity contribution in [1.82, 2.24) is 0 Å². The minimum atomic E-state index is -0.569. The third-order valence-corrected chi connectivity index (χ3v) is 2.67. The van der Waals surface area contributed by atoms with E-state index in [1.807, 2.05) is 6.26 Å². The molecule has 0 aromatic rings. The number of esters is 1. The molecule has 0 saturated carbocycles. The Morgan fingerprint density at radius 2 is 2.00 bits per heavy atom. The summed E-state index contributed by atoms with van der Waals surface area (Å²) in [4.78, 5) is 21.9. The van der Waals surface area contributed by atoms with E-state index < -0.39 is 12.1 Å². The molecule has 0 aromatic carbocycles. The lowest BCUT2D eigenvalue weighted by molar-refractivity contribution is -0.150. The lowest BCUT2D eigenvalue weighted by Gasteiger charge is -2.13. The Bertz CT molecular complexity index is 182. The molecule has 0 N–H and O–H groups in total. The normalized spacial score (nSPS) is 12.2. The van der Waals surface area contributed by atoms with E-state index in [0.717, 1.165) is 17.5 Å². The molecule has 0 fully saturated rings. The summed E-state index contributed by atoms with van der Waals surface area (Å²) in [5, 5.41) is -0.0794. The summed E-state index contributed by atoms with van der Waals surface area (Å²) < 4.78 is 4.88. The van der Waals surface area contributed by atoms with Gasteiger partial charge in [-0.1, -0.05) is 11.8 Å². The predicted octanol–water partition coefficient (Wildman–Crippen LogP) is 1.56. The largest absolute Gasteiger partial charge is 0.454 e. The number of carbonyl (C=O) groups excluding carboxylic acids is 2. The first-order valence-corrected chi connectivity index (χ1v) is 6.47. The van der Waals surface area contributed by atoms with Gasteiger partial charge in [-0.3, -0.25) is 9.59 Å². The Hall–Kier alpha value is -0.160. The number of thioether (sulfide) groups is 2. The van der Waals surface area contributed by atoms with Crippen LogP contribution in [0.1, 0.15) is 13.3 Å². The first-order valence-electron chi connectivity index (χ1n) is 3.85. The SMILES string of the molecule is CSCCC(OC(C)=O)C(=O)SC. The Labute approximate surface area is 87.0 Å². The Morgan fingerprint density at radius 3 is 2.38 bits per heavy atom. The van der Waals surface area contributed by atoms with Crippen LogP contribution in [0, 0.1) is 0 Å². The zero-order chi connectivity index (χ0) is 10.3. The molecule has 13 heavy (non-hydrogen) atoms. The number of rotatable bonds is 5. The maximum Gasteiger partial charge on any atom is 0.303 e. The molecule has 0 aliphatic heterocycles. The zero-order valence-corrected chi connectivity index (χ0v) is 9.67. The molecular weight excluding hydrogens is 208 g/mol. The summed E-state index contributed by atoms with van der Waals surface area (Å²) in [7, 11) is 0. The minimum Gasteiger partial charge on any atom is -0.454 e. The monoisotopic (exact) mass is 222 g/mol. The van der Waals surface area contributed by atoms with E-state index in [0.29, 0.717) is 6.42 Å². The van der Waals surface area contributed by atoms with E-state index >= 15 is 0 Å². The van der Waals surface area contributed by atoms with Gasteiger partial charge in [-0.2, -0.15) is 11.8 Å². The second kappa shape index (κ2) is 7.26. The van der Waals surface area contributed by atoms with Gasteiger partial charge < -0.3 is 4.74 Å². The van der Waals surface area contributed by atoms with Gasteiger partial charge in [0.1, 0.15) is 0 Å². The second-order valence-electron chi connectivity index (χ2n) is 2.40. The van der Waals surface area contributed by atoms with Crippen molar-refractivity contribution in [3.8, 4) is 0 Å². The van der Waals surface area contributed by atoms with E-state index in [9.17, 15) is 9.59 Å². The van der Waals surface area contributed by atoms with Crippen molar-refractivity contribution in [2.45, 2.75) is 19.4 Å². The van der Waals surface area contributed by atoms with E-state index in [1.54, 1.807) is 18.0 Å². The van der Waals surface area contributed by atoms with Crippen molar-refractivity contribution in [3.05, 3.63) is 0 Å². The molecule has 3 nitrogen and oxygen atoms in total. The number of hydrogen-bond donors (Lipinski definition) is 0. The van der Waals surface area contributed by atoms with Gasteiger partial charge in [0.05, 0.1) is 0 Å². The molecule has 0 aliphatic rings. The zero-order valence-electron chi connectivity index (χ0n) is 8.03. The van der Waals surface area contributed by atoms with Gasteiger partial charge in [0, 0.05) is 13.3 Å². The van der Waals surface area contributed by atoms with Crippen LogP contribution in [0.3, 0.4) is 0 Å². The van der Waals surface area contributed by atoms with E-state index in [4.69, 9.17) is 4.74 Å². The number of hydrogen-bond acceptors (Lipinski definition) is 5. The van der Waals surface area contributed by atoms with Crippen LogP contribution in [0.2, 0.25) is 0 Å². The molecule has 76 valence electrons. The van der Waals surface area contributed by atoms with Crippen molar-refractivity contribution >= 4 is 34.6 Å². The van der Waals surface area contributed by atoms with E-state index in [-0.39, 0.29) is 5.12 Å². The lowest BCUT2D eigenvalue weighted by Crippen LogP contribution is -2.24. The van der Waals surface area contributed by atoms with Crippen molar-refractivity contribution in [3.63, 3.8) is 0 Å². The van der Waals surface area contributed by atoms with Crippen LogP contribution >= 0.6 is 23.5 Å². The third-order valence-electron chi connectivity index (χ3n) is 1.36. The van der Waals surface area contributed by atoms with Crippen molar-refractivity contribution in [2.24, 2.45) is 0 Å². The molecular formula is C8H14O3S2. The van der Waals surface area contributed by atoms with Gasteiger partial charge in [0.25, 0.3) is 0 Å². The topological polar surface area (TPSA) is 43.4 Å². The van der Waals surface area contributed by atoms with Crippen LogP contribution < -0.4 is 0 Å². The van der Waals surface area contributed by atoms with E-state index in [2.05, 4.69) is 0 Å². The molecule has 0 amide bonds. The fourth-order valence-electron chi connectivity index (χ4n) is 0.782. The summed E-state index contributed by atoms with van der Waals surface area (Å²) in [6, 6.07) is 0. The predicted molar refractivity (Wildman–Crippen MR) is 57.1 cm³/mol. The van der Waals surface area contributed by atoms with Crippen LogP contribution in [-0.2, 0) is 14.3 Å². The summed E-state index contributed by atoms with van der Waals surface area (Å²) in [6.45, 7) is 1.32. The average molecular weight is 222 g/mol. The quantitative estimate of drug-likeness (QED) is 0.660. The highest BCUT2D eigenvalue weighted by molar-refractivity contribution is 8.13. The van der Waals surface area contributed by atoms with Crippen molar-refractivity contribution in [2.75, 3.05) is 18.3 Å². The van der Waals surface area contributed by atoms with Crippen LogP contribution in [0.5, 0.6) is 0 Å². The van der Waals surface area contributed by atoms with Crippen molar-refractivity contribution in [1.29, 1.82) is 0 Å². The molecule has 0 aliphatic carbocycles. The highest BCUT2D eigenvalue weighted by atomic mass is 32.2. The fraction of sp³-hybridized carbons (Fsp3) is 0.750. The number of carbonyl (C=O) groups is 2. The minimum absolute atomic E-state index is 0.0794. The van der Waals surface area contributed by atoms with Crippen molar-refractivity contribution < 1.29 is 14.3 Å². The fourth-order valence-corrected chi connectivity index (χ4v) is 1.66. The maximum atomic E-state index is 11.2.